The second kappa shape index (κ2) is 7.04. The highest BCUT2D eigenvalue weighted by molar-refractivity contribution is 6.30. The zero-order valence-electron chi connectivity index (χ0n) is 10.9. The third kappa shape index (κ3) is 4.72. The lowest BCUT2D eigenvalue weighted by molar-refractivity contribution is -0.123. The van der Waals surface area contributed by atoms with E-state index in [0.29, 0.717) is 5.56 Å². The molecule has 0 fully saturated rings. The fraction of sp³-hybridized carbons (Fsp3) is 0.133. The van der Waals surface area contributed by atoms with Gasteiger partial charge in [-0.3, -0.25) is 4.79 Å². The van der Waals surface area contributed by atoms with E-state index in [1.807, 2.05) is 0 Å². The molecule has 1 amide bonds. The van der Waals surface area contributed by atoms with E-state index in [9.17, 15) is 13.6 Å². The molecule has 0 saturated carbocycles. The highest BCUT2D eigenvalue weighted by atomic mass is 35.5. The van der Waals surface area contributed by atoms with Crippen molar-refractivity contribution in [3.05, 3.63) is 64.7 Å². The first-order valence-corrected chi connectivity index (χ1v) is 6.51. The van der Waals surface area contributed by atoms with Gasteiger partial charge in [0.2, 0.25) is 0 Å². The number of rotatable bonds is 5. The van der Waals surface area contributed by atoms with Crippen LogP contribution in [0.25, 0.3) is 0 Å². The molecule has 2 aromatic rings. The van der Waals surface area contributed by atoms with E-state index in [2.05, 4.69) is 5.32 Å². The van der Waals surface area contributed by atoms with Crippen LogP contribution in [0.1, 0.15) is 5.56 Å². The molecule has 0 spiro atoms. The maximum atomic E-state index is 13.0. The van der Waals surface area contributed by atoms with Crippen molar-refractivity contribution < 1.29 is 18.3 Å². The summed E-state index contributed by atoms with van der Waals surface area (Å²) in [5.41, 5.74) is 0.667. The number of ether oxygens (including phenoxy) is 1. The molecular weight excluding hydrogens is 300 g/mol. The topological polar surface area (TPSA) is 38.3 Å². The van der Waals surface area contributed by atoms with Crippen LogP contribution in [0.3, 0.4) is 0 Å². The van der Waals surface area contributed by atoms with Crippen molar-refractivity contribution >= 4 is 17.5 Å². The van der Waals surface area contributed by atoms with Gasteiger partial charge in [0.15, 0.2) is 6.61 Å². The predicted molar refractivity (Wildman–Crippen MR) is 75.2 cm³/mol. The largest absolute Gasteiger partial charge is 0.484 e. The summed E-state index contributed by atoms with van der Waals surface area (Å²) in [6.45, 7) is -0.0380. The first-order chi connectivity index (χ1) is 10.0. The Morgan fingerprint density at radius 2 is 2.00 bits per heavy atom. The van der Waals surface area contributed by atoms with Crippen LogP contribution in [0.5, 0.6) is 5.75 Å². The first kappa shape index (κ1) is 15.3. The zero-order chi connectivity index (χ0) is 15.2. The SMILES string of the molecule is O=C(COc1cccc(F)c1)NCc1ccc(F)c(Cl)c1. The molecular formula is C15H12ClF2NO2. The second-order valence-corrected chi connectivity index (χ2v) is 4.68. The van der Waals surface area contributed by atoms with Gasteiger partial charge in [-0.15, -0.1) is 0 Å². The number of hydrogen-bond donors (Lipinski definition) is 1. The molecule has 0 atom stereocenters. The number of amides is 1. The minimum atomic E-state index is -0.513. The Labute approximate surface area is 125 Å². The fourth-order valence-electron chi connectivity index (χ4n) is 1.61. The molecule has 0 aliphatic rings. The van der Waals surface area contributed by atoms with Crippen LogP contribution in [-0.2, 0) is 11.3 Å². The number of carbonyl (C=O) groups excluding carboxylic acids is 1. The Bertz CT molecular complexity index is 649. The average Bonchev–Trinajstić information content (AvgIpc) is 2.46. The number of halogens is 3. The molecule has 21 heavy (non-hydrogen) atoms. The summed E-state index contributed by atoms with van der Waals surface area (Å²) >= 11 is 5.64. The average molecular weight is 312 g/mol. The van der Waals surface area contributed by atoms with Crippen molar-refractivity contribution in [3.8, 4) is 5.75 Å². The Hall–Kier alpha value is -2.14. The van der Waals surface area contributed by atoms with Crippen LogP contribution >= 0.6 is 11.6 Å². The Morgan fingerprint density at radius 3 is 2.71 bits per heavy atom. The lowest BCUT2D eigenvalue weighted by Gasteiger charge is -2.08. The van der Waals surface area contributed by atoms with Gasteiger partial charge >= 0.3 is 0 Å². The Kier molecular flexibility index (Phi) is 5.11. The van der Waals surface area contributed by atoms with Gasteiger partial charge in [0.25, 0.3) is 5.91 Å². The molecule has 6 heteroatoms. The summed E-state index contributed by atoms with van der Waals surface area (Å²) in [5, 5.41) is 2.59. The smallest absolute Gasteiger partial charge is 0.258 e. The van der Waals surface area contributed by atoms with Crippen molar-refractivity contribution in [1.82, 2.24) is 5.32 Å². The van der Waals surface area contributed by atoms with Crippen LogP contribution < -0.4 is 10.1 Å². The van der Waals surface area contributed by atoms with E-state index in [1.54, 1.807) is 6.07 Å². The zero-order valence-corrected chi connectivity index (χ0v) is 11.7. The minimum Gasteiger partial charge on any atom is -0.484 e. The van der Waals surface area contributed by atoms with Gasteiger partial charge in [0.1, 0.15) is 17.4 Å². The molecule has 0 saturated heterocycles. The molecule has 0 unspecified atom stereocenters. The second-order valence-electron chi connectivity index (χ2n) is 4.27. The quantitative estimate of drug-likeness (QED) is 0.920. The number of nitrogens with one attached hydrogen (secondary N) is 1. The van der Waals surface area contributed by atoms with Crippen LogP contribution in [0.4, 0.5) is 8.78 Å². The van der Waals surface area contributed by atoms with Gasteiger partial charge in [0.05, 0.1) is 5.02 Å². The first-order valence-electron chi connectivity index (χ1n) is 6.13. The Balaban J connectivity index is 1.80. The van der Waals surface area contributed by atoms with E-state index < -0.39 is 11.6 Å². The van der Waals surface area contributed by atoms with Crippen LogP contribution in [0, 0.1) is 11.6 Å². The van der Waals surface area contributed by atoms with Gasteiger partial charge < -0.3 is 10.1 Å². The van der Waals surface area contributed by atoms with Crippen molar-refractivity contribution in [2.75, 3.05) is 6.61 Å². The van der Waals surface area contributed by atoms with E-state index in [1.165, 1.54) is 36.4 Å². The minimum absolute atomic E-state index is 0.00207. The predicted octanol–water partition coefficient (Wildman–Crippen LogP) is 3.31. The summed E-state index contributed by atoms with van der Waals surface area (Å²) in [6, 6.07) is 9.70. The van der Waals surface area contributed by atoms with Gasteiger partial charge in [-0.2, -0.15) is 0 Å². The van der Waals surface area contributed by atoms with Gasteiger partial charge in [-0.05, 0) is 29.8 Å². The molecule has 3 nitrogen and oxygen atoms in total. The van der Waals surface area contributed by atoms with Crippen molar-refractivity contribution in [3.63, 3.8) is 0 Å². The molecule has 2 aromatic carbocycles. The maximum absolute atomic E-state index is 13.0. The molecule has 0 radical (unpaired) electrons. The van der Waals surface area contributed by atoms with E-state index in [-0.39, 0.29) is 29.8 Å². The fourth-order valence-corrected chi connectivity index (χ4v) is 1.81. The van der Waals surface area contributed by atoms with Crippen molar-refractivity contribution in [1.29, 1.82) is 0 Å². The summed E-state index contributed by atoms with van der Waals surface area (Å²) in [7, 11) is 0. The molecule has 0 heterocycles. The standard InChI is InChI=1S/C15H12ClF2NO2/c16-13-6-10(4-5-14(13)18)8-19-15(20)9-21-12-3-1-2-11(17)7-12/h1-7H,8-9H2,(H,19,20). The lowest BCUT2D eigenvalue weighted by atomic mass is 10.2. The molecule has 0 aliphatic carbocycles. The maximum Gasteiger partial charge on any atom is 0.258 e. The van der Waals surface area contributed by atoms with Gasteiger partial charge in [-0.1, -0.05) is 23.7 Å². The van der Waals surface area contributed by atoms with E-state index in [4.69, 9.17) is 16.3 Å². The normalized spacial score (nSPS) is 10.2. The summed E-state index contributed by atoms with van der Waals surface area (Å²) in [4.78, 5) is 11.6. The van der Waals surface area contributed by atoms with Crippen LogP contribution in [0.2, 0.25) is 5.02 Å². The summed E-state index contributed by atoms with van der Waals surface area (Å²) in [6.07, 6.45) is 0. The molecule has 0 aromatic heterocycles. The van der Waals surface area contributed by atoms with Crippen LogP contribution in [-0.4, -0.2) is 12.5 Å². The molecule has 2 rings (SSSR count). The van der Waals surface area contributed by atoms with Gasteiger partial charge in [0, 0.05) is 12.6 Å². The highest BCUT2D eigenvalue weighted by Crippen LogP contribution is 2.16. The number of hydrogen-bond acceptors (Lipinski definition) is 2. The third-order valence-corrected chi connectivity index (χ3v) is 2.93. The number of carbonyl (C=O) groups is 1. The summed E-state index contributed by atoms with van der Waals surface area (Å²) < 4.78 is 31.0. The van der Waals surface area contributed by atoms with E-state index in [0.717, 1.165) is 0 Å². The Morgan fingerprint density at radius 1 is 1.19 bits per heavy atom. The van der Waals surface area contributed by atoms with Crippen LogP contribution in [0.15, 0.2) is 42.5 Å². The molecule has 1 N–H and O–H groups in total. The van der Waals surface area contributed by atoms with Gasteiger partial charge in [-0.25, -0.2) is 8.78 Å². The monoisotopic (exact) mass is 311 g/mol. The summed E-state index contributed by atoms with van der Waals surface area (Å²) in [5.74, 6) is -1.05. The third-order valence-electron chi connectivity index (χ3n) is 2.64. The van der Waals surface area contributed by atoms with Crippen molar-refractivity contribution in [2.24, 2.45) is 0 Å². The highest BCUT2D eigenvalue weighted by Gasteiger charge is 2.05. The molecule has 0 bridgehead atoms. The number of benzene rings is 2. The lowest BCUT2D eigenvalue weighted by Crippen LogP contribution is -2.28. The van der Waals surface area contributed by atoms with Crippen molar-refractivity contribution in [2.45, 2.75) is 6.54 Å². The molecule has 110 valence electrons. The molecule has 0 aliphatic heterocycles. The van der Waals surface area contributed by atoms with E-state index >= 15 is 0 Å².